The molecule has 1 atom stereocenters. The molecular formula is C23H28N4O. The number of hydrogen-bond acceptors (Lipinski definition) is 5. The molecule has 28 heavy (non-hydrogen) atoms. The predicted octanol–water partition coefficient (Wildman–Crippen LogP) is 5.16. The summed E-state index contributed by atoms with van der Waals surface area (Å²) < 4.78 is 5.27. The number of pyridine rings is 1. The topological polar surface area (TPSA) is 59.9 Å². The van der Waals surface area contributed by atoms with Crippen molar-refractivity contribution in [1.82, 2.24) is 15.0 Å². The van der Waals surface area contributed by atoms with Gasteiger partial charge in [-0.2, -0.15) is 0 Å². The lowest BCUT2D eigenvalue weighted by Gasteiger charge is -2.21. The standard InChI is InChI=1S/C23H28N4O/c1-16(17-8-10-18(11-9-17)19-7-6-12-24-14-19)25-21-13-20(15-28-5)26-22(27-21)23(2,3)4/h6-14,16H,15H2,1-5H3,(H,25,26,27). The first kappa shape index (κ1) is 20.0. The van der Waals surface area contributed by atoms with E-state index in [0.29, 0.717) is 6.61 Å². The Bertz CT molecular complexity index is 902. The summed E-state index contributed by atoms with van der Waals surface area (Å²) in [6, 6.07) is 14.6. The van der Waals surface area contributed by atoms with E-state index in [0.717, 1.165) is 28.5 Å². The molecule has 1 unspecified atom stereocenters. The molecule has 0 amide bonds. The summed E-state index contributed by atoms with van der Waals surface area (Å²) in [5.74, 6) is 1.62. The van der Waals surface area contributed by atoms with Gasteiger partial charge in [-0.3, -0.25) is 4.98 Å². The zero-order valence-corrected chi connectivity index (χ0v) is 17.2. The highest BCUT2D eigenvalue weighted by molar-refractivity contribution is 5.62. The van der Waals surface area contributed by atoms with Crippen LogP contribution in [-0.2, 0) is 16.8 Å². The molecule has 1 N–H and O–H groups in total. The van der Waals surface area contributed by atoms with Crippen molar-refractivity contribution >= 4 is 5.82 Å². The summed E-state index contributed by atoms with van der Waals surface area (Å²) >= 11 is 0. The molecule has 0 radical (unpaired) electrons. The van der Waals surface area contributed by atoms with Crippen molar-refractivity contribution in [3.63, 3.8) is 0 Å². The van der Waals surface area contributed by atoms with E-state index in [9.17, 15) is 0 Å². The van der Waals surface area contributed by atoms with Gasteiger partial charge in [0.15, 0.2) is 0 Å². The minimum Gasteiger partial charge on any atom is -0.378 e. The van der Waals surface area contributed by atoms with Crippen LogP contribution in [0.25, 0.3) is 11.1 Å². The molecule has 5 heteroatoms. The first-order valence-electron chi connectivity index (χ1n) is 9.51. The van der Waals surface area contributed by atoms with Crippen molar-refractivity contribution in [2.45, 2.75) is 45.8 Å². The normalized spacial score (nSPS) is 12.6. The molecule has 3 rings (SSSR count). The summed E-state index contributed by atoms with van der Waals surface area (Å²) in [6.45, 7) is 8.94. The van der Waals surface area contributed by atoms with Gasteiger partial charge in [0.2, 0.25) is 0 Å². The van der Waals surface area contributed by atoms with Crippen LogP contribution in [-0.4, -0.2) is 22.1 Å². The van der Waals surface area contributed by atoms with Crippen LogP contribution in [0.1, 0.15) is 50.8 Å². The lowest BCUT2D eigenvalue weighted by molar-refractivity contribution is 0.181. The van der Waals surface area contributed by atoms with Gasteiger partial charge in [-0.05, 0) is 29.7 Å². The third kappa shape index (κ3) is 4.93. The highest BCUT2D eigenvalue weighted by atomic mass is 16.5. The maximum atomic E-state index is 5.27. The van der Waals surface area contributed by atoms with Crippen LogP contribution in [0.5, 0.6) is 0 Å². The molecule has 2 aromatic heterocycles. The van der Waals surface area contributed by atoms with Gasteiger partial charge in [0.1, 0.15) is 11.6 Å². The molecule has 146 valence electrons. The lowest BCUT2D eigenvalue weighted by Crippen LogP contribution is -2.19. The van der Waals surface area contributed by atoms with E-state index >= 15 is 0 Å². The highest BCUT2D eigenvalue weighted by Crippen LogP contribution is 2.25. The van der Waals surface area contributed by atoms with Crippen LogP contribution in [0.15, 0.2) is 54.9 Å². The van der Waals surface area contributed by atoms with E-state index < -0.39 is 0 Å². The van der Waals surface area contributed by atoms with Crippen molar-refractivity contribution in [2.75, 3.05) is 12.4 Å². The Morgan fingerprint density at radius 1 is 1.04 bits per heavy atom. The number of benzene rings is 1. The van der Waals surface area contributed by atoms with E-state index in [4.69, 9.17) is 9.72 Å². The molecule has 0 fully saturated rings. The molecule has 0 bridgehead atoms. The number of nitrogens with one attached hydrogen (secondary N) is 1. The summed E-state index contributed by atoms with van der Waals surface area (Å²) in [6.07, 6.45) is 3.66. The van der Waals surface area contributed by atoms with Crippen LogP contribution >= 0.6 is 0 Å². The smallest absolute Gasteiger partial charge is 0.136 e. The fraction of sp³-hybridized carbons (Fsp3) is 0.348. The van der Waals surface area contributed by atoms with E-state index in [-0.39, 0.29) is 11.5 Å². The molecule has 0 aliphatic rings. The molecule has 0 aliphatic carbocycles. The zero-order valence-electron chi connectivity index (χ0n) is 17.2. The fourth-order valence-corrected chi connectivity index (χ4v) is 2.93. The van der Waals surface area contributed by atoms with Crippen molar-refractivity contribution in [2.24, 2.45) is 0 Å². The minimum absolute atomic E-state index is 0.112. The van der Waals surface area contributed by atoms with Crippen LogP contribution in [0, 0.1) is 0 Å². The first-order chi connectivity index (χ1) is 13.4. The summed E-state index contributed by atoms with van der Waals surface area (Å²) in [5, 5.41) is 3.51. The zero-order chi connectivity index (χ0) is 20.1. The van der Waals surface area contributed by atoms with Crippen LogP contribution in [0.4, 0.5) is 5.82 Å². The Balaban J connectivity index is 1.80. The number of nitrogens with zero attached hydrogens (tertiary/aromatic N) is 3. The third-order valence-corrected chi connectivity index (χ3v) is 4.51. The number of hydrogen-bond donors (Lipinski definition) is 1. The lowest BCUT2D eigenvalue weighted by atomic mass is 9.95. The van der Waals surface area contributed by atoms with E-state index in [1.54, 1.807) is 13.3 Å². The third-order valence-electron chi connectivity index (χ3n) is 4.51. The van der Waals surface area contributed by atoms with Gasteiger partial charge in [0.25, 0.3) is 0 Å². The molecular weight excluding hydrogens is 348 g/mol. The van der Waals surface area contributed by atoms with E-state index in [2.05, 4.69) is 73.3 Å². The molecule has 1 aromatic carbocycles. The predicted molar refractivity (Wildman–Crippen MR) is 113 cm³/mol. The Labute approximate surface area is 167 Å². The minimum atomic E-state index is -0.130. The van der Waals surface area contributed by atoms with Crippen molar-refractivity contribution < 1.29 is 4.74 Å². The number of ether oxygens (including phenoxy) is 1. The van der Waals surface area contributed by atoms with Crippen molar-refractivity contribution in [1.29, 1.82) is 0 Å². The maximum absolute atomic E-state index is 5.27. The average Bonchev–Trinajstić information content (AvgIpc) is 2.68. The second-order valence-electron chi connectivity index (χ2n) is 7.98. The molecule has 3 aromatic rings. The molecule has 0 aliphatic heterocycles. The van der Waals surface area contributed by atoms with Gasteiger partial charge >= 0.3 is 0 Å². The molecule has 5 nitrogen and oxygen atoms in total. The van der Waals surface area contributed by atoms with Gasteiger partial charge in [-0.15, -0.1) is 0 Å². The molecule has 2 heterocycles. The monoisotopic (exact) mass is 376 g/mol. The first-order valence-corrected chi connectivity index (χ1v) is 9.51. The Morgan fingerprint density at radius 3 is 2.39 bits per heavy atom. The van der Waals surface area contributed by atoms with Gasteiger partial charge in [0.05, 0.1) is 12.3 Å². The Hall–Kier alpha value is -2.79. The van der Waals surface area contributed by atoms with E-state index in [1.165, 1.54) is 5.56 Å². The SMILES string of the molecule is COCc1cc(NC(C)c2ccc(-c3cccnc3)cc2)nc(C(C)(C)C)n1. The second-order valence-corrected chi connectivity index (χ2v) is 7.98. The summed E-state index contributed by atoms with van der Waals surface area (Å²) in [4.78, 5) is 13.6. The number of rotatable bonds is 6. The van der Waals surface area contributed by atoms with Crippen LogP contribution in [0.3, 0.4) is 0 Å². The Kier molecular flexibility index (Phi) is 6.05. The summed E-state index contributed by atoms with van der Waals surface area (Å²) in [5.41, 5.74) is 4.21. The largest absolute Gasteiger partial charge is 0.378 e. The molecule has 0 saturated carbocycles. The summed E-state index contributed by atoms with van der Waals surface area (Å²) in [7, 11) is 1.68. The number of aromatic nitrogens is 3. The number of anilines is 1. The molecule has 0 spiro atoms. The highest BCUT2D eigenvalue weighted by Gasteiger charge is 2.19. The van der Waals surface area contributed by atoms with Crippen molar-refractivity contribution in [3.8, 4) is 11.1 Å². The van der Waals surface area contributed by atoms with Gasteiger partial charge < -0.3 is 10.1 Å². The van der Waals surface area contributed by atoms with Gasteiger partial charge in [-0.1, -0.05) is 51.1 Å². The maximum Gasteiger partial charge on any atom is 0.136 e. The van der Waals surface area contributed by atoms with E-state index in [1.807, 2.05) is 18.3 Å². The Morgan fingerprint density at radius 2 is 1.79 bits per heavy atom. The average molecular weight is 377 g/mol. The van der Waals surface area contributed by atoms with Gasteiger partial charge in [0, 0.05) is 37.0 Å². The van der Waals surface area contributed by atoms with Crippen molar-refractivity contribution in [3.05, 3.63) is 71.9 Å². The second kappa shape index (κ2) is 8.48. The number of methoxy groups -OCH3 is 1. The van der Waals surface area contributed by atoms with Crippen LogP contribution in [0.2, 0.25) is 0 Å². The van der Waals surface area contributed by atoms with Gasteiger partial charge in [-0.25, -0.2) is 9.97 Å². The van der Waals surface area contributed by atoms with Crippen LogP contribution < -0.4 is 5.32 Å². The fourth-order valence-electron chi connectivity index (χ4n) is 2.93. The molecule has 0 saturated heterocycles. The quantitative estimate of drug-likeness (QED) is 0.644.